The molecule has 1 N–H and O–H groups in total. The maximum absolute atomic E-state index is 13.0. The van der Waals surface area contributed by atoms with Crippen molar-refractivity contribution < 1.29 is 14.3 Å². The van der Waals surface area contributed by atoms with Gasteiger partial charge in [-0.2, -0.15) is 0 Å². The molecule has 0 spiro atoms. The summed E-state index contributed by atoms with van der Waals surface area (Å²) in [6, 6.07) is 23.4. The molecule has 3 aromatic rings. The molecule has 1 unspecified atom stereocenters. The highest BCUT2D eigenvalue weighted by Crippen LogP contribution is 2.28. The molecule has 0 bridgehead atoms. The quantitative estimate of drug-likeness (QED) is 0.531. The van der Waals surface area contributed by atoms with Crippen molar-refractivity contribution in [2.75, 3.05) is 20.2 Å². The maximum atomic E-state index is 13.0. The number of methoxy groups -OCH3 is 1. The van der Waals surface area contributed by atoms with Crippen LogP contribution in [0.4, 0.5) is 0 Å². The Morgan fingerprint density at radius 1 is 0.971 bits per heavy atom. The van der Waals surface area contributed by atoms with Gasteiger partial charge in [0.25, 0.3) is 11.8 Å². The van der Waals surface area contributed by atoms with E-state index in [9.17, 15) is 9.59 Å². The predicted molar refractivity (Wildman–Crippen MR) is 134 cm³/mol. The highest BCUT2D eigenvalue weighted by atomic mass is 16.5. The van der Waals surface area contributed by atoms with Gasteiger partial charge >= 0.3 is 0 Å². The number of carbonyl (C=O) groups excluding carboxylic acids is 2. The Morgan fingerprint density at radius 3 is 2.41 bits per heavy atom. The van der Waals surface area contributed by atoms with Gasteiger partial charge in [0, 0.05) is 36.7 Å². The van der Waals surface area contributed by atoms with E-state index >= 15 is 0 Å². The zero-order valence-electron chi connectivity index (χ0n) is 19.9. The van der Waals surface area contributed by atoms with E-state index in [0.717, 1.165) is 42.7 Å². The number of likely N-dealkylation sites (tertiary alicyclic amines) is 1. The van der Waals surface area contributed by atoms with Gasteiger partial charge in [-0.15, -0.1) is 0 Å². The van der Waals surface area contributed by atoms with E-state index < -0.39 is 0 Å². The van der Waals surface area contributed by atoms with E-state index in [1.165, 1.54) is 5.56 Å². The molecule has 5 nitrogen and oxygen atoms in total. The molecule has 1 aliphatic rings. The van der Waals surface area contributed by atoms with Crippen LogP contribution in [0.25, 0.3) is 0 Å². The smallest absolute Gasteiger partial charge is 0.253 e. The lowest BCUT2D eigenvalue weighted by Gasteiger charge is -2.33. The fourth-order valence-corrected chi connectivity index (χ4v) is 4.46. The first kappa shape index (κ1) is 23.6. The zero-order chi connectivity index (χ0) is 23.9. The summed E-state index contributed by atoms with van der Waals surface area (Å²) in [5, 5.41) is 3.03. The highest BCUT2D eigenvalue weighted by molar-refractivity contribution is 5.95. The molecule has 0 aliphatic carbocycles. The molecule has 0 saturated carbocycles. The first-order valence-corrected chi connectivity index (χ1v) is 12.0. The Kier molecular flexibility index (Phi) is 7.63. The van der Waals surface area contributed by atoms with E-state index in [0.29, 0.717) is 24.2 Å². The molecule has 1 heterocycles. The van der Waals surface area contributed by atoms with Gasteiger partial charge in [0.15, 0.2) is 0 Å². The number of hydrogen-bond donors (Lipinski definition) is 1. The lowest BCUT2D eigenvalue weighted by atomic mass is 9.89. The Balaban J connectivity index is 1.39. The summed E-state index contributed by atoms with van der Waals surface area (Å²) in [5.41, 5.74) is 4.80. The van der Waals surface area contributed by atoms with Gasteiger partial charge in [0.1, 0.15) is 5.75 Å². The molecular formula is C29H32N2O3. The maximum Gasteiger partial charge on any atom is 0.253 e. The molecule has 1 saturated heterocycles. The van der Waals surface area contributed by atoms with E-state index in [1.54, 1.807) is 7.11 Å². The Bertz CT molecular complexity index is 1120. The fourth-order valence-electron chi connectivity index (χ4n) is 4.46. The third-order valence-electron chi connectivity index (χ3n) is 6.55. The van der Waals surface area contributed by atoms with Gasteiger partial charge in [-0.25, -0.2) is 0 Å². The first-order valence-electron chi connectivity index (χ1n) is 12.0. The van der Waals surface area contributed by atoms with Crippen LogP contribution in [0.5, 0.6) is 5.75 Å². The van der Waals surface area contributed by atoms with Crippen LogP contribution < -0.4 is 10.1 Å². The number of nitrogens with one attached hydrogen (secondary N) is 1. The molecule has 4 rings (SSSR count). The predicted octanol–water partition coefficient (Wildman–Crippen LogP) is 5.21. The van der Waals surface area contributed by atoms with Crippen molar-refractivity contribution in [2.45, 2.75) is 38.6 Å². The standard InChI is InChI=1S/C29H32N2O3/c1-3-21-9-11-22(12-10-21)19-30-28(32)25-7-4-6-24(18-25)26-8-5-17-31(20-26)29(33)23-13-15-27(34-2)16-14-23/h4,6-7,9-16,18,26H,3,5,8,17,19-20H2,1-2H3,(H,30,32). The van der Waals surface area contributed by atoms with Crippen molar-refractivity contribution in [1.82, 2.24) is 10.2 Å². The minimum atomic E-state index is -0.0802. The average Bonchev–Trinajstić information content (AvgIpc) is 2.91. The van der Waals surface area contributed by atoms with E-state index in [-0.39, 0.29) is 17.7 Å². The van der Waals surface area contributed by atoms with E-state index in [2.05, 4.69) is 42.6 Å². The molecule has 0 aromatic heterocycles. The van der Waals surface area contributed by atoms with Crippen molar-refractivity contribution in [3.8, 4) is 5.75 Å². The molecule has 1 atom stereocenters. The largest absolute Gasteiger partial charge is 0.497 e. The van der Waals surface area contributed by atoms with Crippen LogP contribution in [0.1, 0.15) is 63.1 Å². The lowest BCUT2D eigenvalue weighted by Crippen LogP contribution is -2.39. The number of amides is 2. The summed E-state index contributed by atoms with van der Waals surface area (Å²) in [5.74, 6) is 0.908. The van der Waals surface area contributed by atoms with Crippen LogP contribution in [0.2, 0.25) is 0 Å². The number of nitrogens with zero attached hydrogens (tertiary/aromatic N) is 1. The second-order valence-corrected chi connectivity index (χ2v) is 8.80. The molecule has 1 fully saturated rings. The summed E-state index contributed by atoms with van der Waals surface area (Å²) in [6.45, 7) is 4.03. The number of piperidine rings is 1. The normalized spacial score (nSPS) is 15.6. The summed E-state index contributed by atoms with van der Waals surface area (Å²) in [6.07, 6.45) is 2.95. The minimum absolute atomic E-state index is 0.0374. The minimum Gasteiger partial charge on any atom is -0.497 e. The number of hydrogen-bond acceptors (Lipinski definition) is 3. The third-order valence-corrected chi connectivity index (χ3v) is 6.55. The number of ether oxygens (including phenoxy) is 1. The van der Waals surface area contributed by atoms with Crippen LogP contribution in [-0.4, -0.2) is 36.9 Å². The second-order valence-electron chi connectivity index (χ2n) is 8.80. The summed E-state index contributed by atoms with van der Waals surface area (Å²) in [7, 11) is 1.62. The summed E-state index contributed by atoms with van der Waals surface area (Å²) in [4.78, 5) is 27.8. The highest BCUT2D eigenvalue weighted by Gasteiger charge is 2.26. The Hall–Kier alpha value is -3.60. The summed E-state index contributed by atoms with van der Waals surface area (Å²) >= 11 is 0. The van der Waals surface area contributed by atoms with Gasteiger partial charge in [-0.05, 0) is 72.4 Å². The summed E-state index contributed by atoms with van der Waals surface area (Å²) < 4.78 is 5.19. The Labute approximate surface area is 201 Å². The van der Waals surface area contributed by atoms with Gasteiger partial charge < -0.3 is 15.0 Å². The Morgan fingerprint density at radius 2 is 1.71 bits per heavy atom. The fraction of sp³-hybridized carbons (Fsp3) is 0.310. The number of benzene rings is 3. The molecule has 2 amide bonds. The van der Waals surface area contributed by atoms with Crippen molar-refractivity contribution in [2.24, 2.45) is 0 Å². The molecule has 3 aromatic carbocycles. The topological polar surface area (TPSA) is 58.6 Å². The first-order chi connectivity index (χ1) is 16.6. The van der Waals surface area contributed by atoms with Crippen molar-refractivity contribution in [3.63, 3.8) is 0 Å². The second kappa shape index (κ2) is 11.0. The molecule has 1 aliphatic heterocycles. The van der Waals surface area contributed by atoms with Gasteiger partial charge in [-0.3, -0.25) is 9.59 Å². The van der Waals surface area contributed by atoms with Crippen molar-refractivity contribution in [1.29, 1.82) is 0 Å². The molecule has 176 valence electrons. The van der Waals surface area contributed by atoms with Gasteiger partial charge in [-0.1, -0.05) is 43.3 Å². The van der Waals surface area contributed by atoms with E-state index in [4.69, 9.17) is 4.74 Å². The third kappa shape index (κ3) is 5.66. The van der Waals surface area contributed by atoms with Crippen molar-refractivity contribution in [3.05, 3.63) is 101 Å². The molecule has 5 heteroatoms. The lowest BCUT2D eigenvalue weighted by molar-refractivity contribution is 0.0706. The molecule has 0 radical (unpaired) electrons. The van der Waals surface area contributed by atoms with Gasteiger partial charge in [0.2, 0.25) is 0 Å². The van der Waals surface area contributed by atoms with Crippen LogP contribution in [-0.2, 0) is 13.0 Å². The zero-order valence-corrected chi connectivity index (χ0v) is 19.9. The van der Waals surface area contributed by atoms with Crippen LogP contribution in [0.15, 0.2) is 72.8 Å². The van der Waals surface area contributed by atoms with Crippen molar-refractivity contribution >= 4 is 11.8 Å². The molecular weight excluding hydrogens is 424 g/mol. The number of carbonyl (C=O) groups is 2. The molecule has 34 heavy (non-hydrogen) atoms. The number of rotatable bonds is 7. The monoisotopic (exact) mass is 456 g/mol. The van der Waals surface area contributed by atoms with Crippen LogP contribution >= 0.6 is 0 Å². The number of aryl methyl sites for hydroxylation is 1. The average molecular weight is 457 g/mol. The van der Waals surface area contributed by atoms with Crippen LogP contribution in [0, 0.1) is 0 Å². The SMILES string of the molecule is CCc1ccc(CNC(=O)c2cccc(C3CCCN(C(=O)c4ccc(OC)cc4)C3)c2)cc1. The van der Waals surface area contributed by atoms with E-state index in [1.807, 2.05) is 47.4 Å². The van der Waals surface area contributed by atoms with Crippen LogP contribution in [0.3, 0.4) is 0 Å². The van der Waals surface area contributed by atoms with Gasteiger partial charge in [0.05, 0.1) is 7.11 Å².